The fraction of sp³-hybridized carbons (Fsp3) is 0.821. The Bertz CT molecular complexity index is 1210. The van der Waals surface area contributed by atoms with Gasteiger partial charge in [0.1, 0.15) is 31.0 Å². The lowest BCUT2D eigenvalue weighted by molar-refractivity contribution is -0.301. The summed E-state index contributed by atoms with van der Waals surface area (Å²) in [4.78, 5) is 43.5. The fourth-order valence-corrected chi connectivity index (χ4v) is 5.13. The van der Waals surface area contributed by atoms with E-state index >= 15 is 0 Å². The molecule has 2 rings (SSSR count). The van der Waals surface area contributed by atoms with Crippen LogP contribution in [0.2, 0.25) is 0 Å². The van der Waals surface area contributed by atoms with Crippen LogP contribution >= 0.6 is 7.82 Å². The van der Waals surface area contributed by atoms with Crippen molar-refractivity contribution in [2.45, 2.75) is 82.4 Å². The van der Waals surface area contributed by atoms with E-state index in [1.165, 1.54) is 0 Å². The molecule has 0 aromatic carbocycles. The lowest BCUT2D eigenvalue weighted by Gasteiger charge is -2.39. The number of hydrogen-bond acceptors (Lipinski definition) is 18. The fourth-order valence-electron chi connectivity index (χ4n) is 4.38. The van der Waals surface area contributed by atoms with E-state index < -0.39 is 76.5 Å². The summed E-state index contributed by atoms with van der Waals surface area (Å²) in [6, 6.07) is 0. The normalized spacial score (nSPS) is 22.2. The summed E-state index contributed by atoms with van der Waals surface area (Å²) in [5.74, 6) is -1.12. The van der Waals surface area contributed by atoms with Crippen LogP contribution in [-0.2, 0) is 64.6 Å². The average Bonchev–Trinajstić information content (AvgIpc) is 3.54. The molecular formula is C28H50N5O17P. The number of aryl methyl sites for hydroxylation is 1. The third-order valence-electron chi connectivity index (χ3n) is 6.95. The van der Waals surface area contributed by atoms with Crippen molar-refractivity contribution in [3.05, 3.63) is 11.9 Å². The van der Waals surface area contributed by atoms with Crippen LogP contribution in [0.25, 0.3) is 0 Å². The molecular weight excluding hydrogens is 709 g/mol. The van der Waals surface area contributed by atoms with E-state index in [2.05, 4.69) is 20.4 Å². The number of esters is 1. The molecule has 1 aromatic rings. The van der Waals surface area contributed by atoms with E-state index in [0.29, 0.717) is 32.6 Å². The number of phosphoric ester groups is 1. The quantitative estimate of drug-likeness (QED) is 0.0277. The topological polar surface area (TPSA) is 312 Å². The van der Waals surface area contributed by atoms with E-state index in [1.54, 1.807) is 4.68 Å². The monoisotopic (exact) mass is 759 g/mol. The highest BCUT2D eigenvalue weighted by Crippen LogP contribution is 2.43. The Morgan fingerprint density at radius 2 is 1.75 bits per heavy atom. The molecule has 0 aliphatic carbocycles. The molecule has 7 atom stereocenters. The van der Waals surface area contributed by atoms with E-state index in [1.807, 2.05) is 6.20 Å². The van der Waals surface area contributed by atoms with Crippen molar-refractivity contribution in [2.75, 3.05) is 66.0 Å². The highest BCUT2D eigenvalue weighted by Gasteiger charge is 2.43. The maximum Gasteiger partial charge on any atom is 0.472 e. The first-order chi connectivity index (χ1) is 24.3. The number of nitrogens with two attached hydrogens (primary N) is 1. The van der Waals surface area contributed by atoms with Gasteiger partial charge in [0.25, 0.3) is 0 Å². The van der Waals surface area contributed by atoms with Gasteiger partial charge >= 0.3 is 19.9 Å². The number of nitrogens with zero attached hydrogens (tertiary/aromatic N) is 3. The zero-order chi connectivity index (χ0) is 37.6. The molecule has 51 heavy (non-hydrogen) atoms. The highest BCUT2D eigenvalue weighted by molar-refractivity contribution is 7.47. The van der Waals surface area contributed by atoms with Gasteiger partial charge in [-0.15, -0.1) is 5.10 Å². The minimum atomic E-state index is -4.56. The van der Waals surface area contributed by atoms with Gasteiger partial charge in [0.15, 0.2) is 12.4 Å². The summed E-state index contributed by atoms with van der Waals surface area (Å²) >= 11 is 0. The largest absolute Gasteiger partial charge is 0.472 e. The predicted molar refractivity (Wildman–Crippen MR) is 169 cm³/mol. The number of rotatable bonds is 27. The Kier molecular flexibility index (Phi) is 21.2. The van der Waals surface area contributed by atoms with Crippen LogP contribution < -0.4 is 11.1 Å². The molecule has 2 heterocycles. The lowest BCUT2D eigenvalue weighted by atomic mass is 9.99. The molecule has 2 amide bonds. The summed E-state index contributed by atoms with van der Waals surface area (Å²) in [6.07, 6.45) is -3.95. The molecule has 23 heteroatoms. The molecule has 1 saturated heterocycles. The SMILES string of the molecule is CC(=O)O[C@H](COC(N)=O)COP(=O)(O)OCCNC(=O)CCOCCOCCn1cc(CCCCCOC2O[C@H](CO)[C@@H](O)[C@H](O)[C@@H]2O)nn1. The summed E-state index contributed by atoms with van der Waals surface area (Å²) in [7, 11) is -4.56. The van der Waals surface area contributed by atoms with Gasteiger partial charge in [-0.25, -0.2) is 14.0 Å². The molecule has 294 valence electrons. The first-order valence-corrected chi connectivity index (χ1v) is 17.8. The van der Waals surface area contributed by atoms with E-state index in [9.17, 15) is 44.3 Å². The van der Waals surface area contributed by atoms with Crippen molar-refractivity contribution in [1.29, 1.82) is 0 Å². The molecule has 0 spiro atoms. The minimum Gasteiger partial charge on any atom is -0.456 e. The van der Waals surface area contributed by atoms with Crippen molar-refractivity contribution >= 4 is 25.8 Å². The number of unbranched alkanes of at least 4 members (excludes halogenated alkanes) is 2. The number of phosphoric acid groups is 1. The average molecular weight is 760 g/mol. The Labute approximate surface area is 294 Å². The minimum absolute atomic E-state index is 0.0320. The molecule has 1 aliphatic rings. The van der Waals surface area contributed by atoms with E-state index in [0.717, 1.165) is 25.5 Å². The number of carbonyl (C=O) groups excluding carboxylic acids is 3. The smallest absolute Gasteiger partial charge is 0.456 e. The second-order valence-electron chi connectivity index (χ2n) is 11.1. The zero-order valence-corrected chi connectivity index (χ0v) is 29.3. The van der Waals surface area contributed by atoms with Crippen LogP contribution in [0, 0.1) is 0 Å². The van der Waals surface area contributed by atoms with Crippen LogP contribution in [0.3, 0.4) is 0 Å². The molecule has 0 bridgehead atoms. The predicted octanol–water partition coefficient (Wildman–Crippen LogP) is -2.49. The van der Waals surface area contributed by atoms with E-state index in [4.69, 9.17) is 38.5 Å². The number of aromatic nitrogens is 3. The maximum atomic E-state index is 12.0. The summed E-state index contributed by atoms with van der Waals surface area (Å²) in [5.41, 5.74) is 5.66. The highest BCUT2D eigenvalue weighted by atomic mass is 31.2. The molecule has 1 aromatic heterocycles. The number of aliphatic hydroxyl groups is 4. The van der Waals surface area contributed by atoms with Gasteiger partial charge in [-0.1, -0.05) is 11.6 Å². The number of aliphatic hydroxyl groups excluding tert-OH is 4. The zero-order valence-electron chi connectivity index (χ0n) is 28.4. The molecule has 1 fully saturated rings. The van der Waals surface area contributed by atoms with Gasteiger partial charge in [0.05, 0.1) is 58.5 Å². The second kappa shape index (κ2) is 24.4. The Morgan fingerprint density at radius 3 is 2.45 bits per heavy atom. The van der Waals surface area contributed by atoms with Crippen LogP contribution in [0.5, 0.6) is 0 Å². The first kappa shape index (κ1) is 44.3. The van der Waals surface area contributed by atoms with Crippen molar-refractivity contribution in [3.63, 3.8) is 0 Å². The summed E-state index contributed by atoms with van der Waals surface area (Å²) in [5, 5.41) is 49.6. The molecule has 8 N–H and O–H groups in total. The third kappa shape index (κ3) is 19.0. The number of ether oxygens (including phenoxy) is 6. The van der Waals surface area contributed by atoms with Crippen molar-refractivity contribution < 1.29 is 81.7 Å². The van der Waals surface area contributed by atoms with Crippen LogP contribution in [-0.4, -0.2) is 161 Å². The van der Waals surface area contributed by atoms with Crippen molar-refractivity contribution in [3.8, 4) is 0 Å². The molecule has 0 saturated carbocycles. The van der Waals surface area contributed by atoms with Gasteiger partial charge in [-0.2, -0.15) is 0 Å². The number of hydrogen-bond donors (Lipinski definition) is 7. The van der Waals surface area contributed by atoms with Gasteiger partial charge in [-0.05, 0) is 19.3 Å². The Morgan fingerprint density at radius 1 is 1.00 bits per heavy atom. The number of nitrogens with one attached hydrogen (secondary N) is 1. The standard InChI is InChI=1S/C28H50N5O17P/c1-19(35)49-21(17-46-28(29)40)18-48-51(41,42)47-11-7-30-23(36)6-10-43-13-14-44-12-8-33-15-20(31-32-33)5-3-2-4-9-45-27-26(39)25(38)24(37)22(16-34)50-27/h15,21-22,24-27,34,37-39H,2-14,16-18H2,1H3,(H2,29,40)(H,30,36)(H,41,42)/t21-,22-,24-,25+,26+,27?/m1/s1. The number of amides is 2. The molecule has 1 aliphatic heterocycles. The molecule has 22 nitrogen and oxygen atoms in total. The lowest BCUT2D eigenvalue weighted by Crippen LogP contribution is -2.59. The van der Waals surface area contributed by atoms with Crippen molar-refractivity contribution in [1.82, 2.24) is 20.3 Å². The van der Waals surface area contributed by atoms with Crippen molar-refractivity contribution in [2.24, 2.45) is 5.73 Å². The Hall–Kier alpha value is -2.86. The number of carbonyl (C=O) groups is 3. The number of primary amides is 1. The van der Waals surface area contributed by atoms with Gasteiger partial charge in [0, 0.05) is 32.7 Å². The van der Waals surface area contributed by atoms with Crippen LogP contribution in [0.15, 0.2) is 6.20 Å². The Balaban J connectivity index is 1.44. The van der Waals surface area contributed by atoms with Crippen LogP contribution in [0.4, 0.5) is 4.79 Å². The van der Waals surface area contributed by atoms with Gasteiger partial charge in [0.2, 0.25) is 5.91 Å². The van der Waals surface area contributed by atoms with Gasteiger partial charge < -0.3 is 64.8 Å². The summed E-state index contributed by atoms with van der Waals surface area (Å²) in [6.45, 7) is 0.784. The molecule has 2 unspecified atom stereocenters. The molecule has 0 radical (unpaired) electrons. The maximum absolute atomic E-state index is 12.0. The second-order valence-corrected chi connectivity index (χ2v) is 12.6. The summed E-state index contributed by atoms with van der Waals surface area (Å²) < 4.78 is 54.1. The first-order valence-electron chi connectivity index (χ1n) is 16.3. The van der Waals surface area contributed by atoms with E-state index in [-0.39, 0.29) is 45.3 Å². The third-order valence-corrected chi connectivity index (χ3v) is 7.93. The van der Waals surface area contributed by atoms with Gasteiger partial charge in [-0.3, -0.25) is 18.6 Å². The van der Waals surface area contributed by atoms with Crippen LogP contribution in [0.1, 0.15) is 38.3 Å².